The summed E-state index contributed by atoms with van der Waals surface area (Å²) in [6, 6.07) is 28.1. The lowest BCUT2D eigenvalue weighted by Crippen LogP contribution is -2.36. The molecule has 7 heteroatoms. The summed E-state index contributed by atoms with van der Waals surface area (Å²) in [5.41, 5.74) is 4.97. The SMILES string of the molecule is CC1(C)CC(=O)C2=C(C1)Nc1nc(SCc3ccccc3)nn1C2c1ccc(OCc2ccccc2)cc1. The van der Waals surface area contributed by atoms with Crippen LogP contribution >= 0.6 is 11.8 Å². The number of hydrogen-bond donors (Lipinski definition) is 1. The van der Waals surface area contributed by atoms with Gasteiger partial charge in [-0.2, -0.15) is 4.98 Å². The Bertz CT molecular complexity index is 1480. The average molecular weight is 523 g/mol. The van der Waals surface area contributed by atoms with Crippen LogP contribution in [0.15, 0.2) is 101 Å². The molecular weight excluding hydrogens is 492 g/mol. The van der Waals surface area contributed by atoms with E-state index in [1.807, 2.05) is 77.5 Å². The lowest BCUT2D eigenvalue weighted by Gasteiger charge is -2.38. The summed E-state index contributed by atoms with van der Waals surface area (Å²) in [5.74, 6) is 2.41. The van der Waals surface area contributed by atoms with Crippen molar-refractivity contribution in [3.63, 3.8) is 0 Å². The first-order valence-electron chi connectivity index (χ1n) is 12.9. The van der Waals surface area contributed by atoms with Crippen LogP contribution < -0.4 is 10.1 Å². The third kappa shape index (κ3) is 5.11. The molecule has 1 atom stereocenters. The molecule has 6 rings (SSSR count). The van der Waals surface area contributed by atoms with Crippen LogP contribution in [0, 0.1) is 5.41 Å². The Balaban J connectivity index is 1.30. The highest BCUT2D eigenvalue weighted by Crippen LogP contribution is 2.45. The molecule has 0 amide bonds. The number of rotatable bonds is 7. The van der Waals surface area contributed by atoms with Crippen LogP contribution in [0.4, 0.5) is 5.95 Å². The minimum absolute atomic E-state index is 0.102. The van der Waals surface area contributed by atoms with Gasteiger partial charge in [-0.1, -0.05) is 98.4 Å². The third-order valence-electron chi connectivity index (χ3n) is 6.97. The maximum atomic E-state index is 13.5. The van der Waals surface area contributed by atoms with Gasteiger partial charge in [0.15, 0.2) is 5.78 Å². The highest BCUT2D eigenvalue weighted by molar-refractivity contribution is 7.98. The fourth-order valence-corrected chi connectivity index (χ4v) is 5.95. The minimum atomic E-state index is -0.327. The van der Waals surface area contributed by atoms with Crippen molar-refractivity contribution >= 4 is 23.5 Å². The molecule has 1 aliphatic carbocycles. The van der Waals surface area contributed by atoms with Gasteiger partial charge < -0.3 is 10.1 Å². The van der Waals surface area contributed by atoms with Crippen molar-refractivity contribution in [1.82, 2.24) is 14.8 Å². The molecule has 0 saturated carbocycles. The van der Waals surface area contributed by atoms with Crippen molar-refractivity contribution in [1.29, 1.82) is 0 Å². The van der Waals surface area contributed by atoms with Crippen LogP contribution in [0.25, 0.3) is 0 Å². The molecule has 0 saturated heterocycles. The molecule has 3 aromatic carbocycles. The van der Waals surface area contributed by atoms with E-state index in [0.717, 1.165) is 40.3 Å². The molecule has 0 spiro atoms. The number of fused-ring (bicyclic) bond motifs is 1. The molecule has 192 valence electrons. The number of benzene rings is 3. The second kappa shape index (κ2) is 10.1. The summed E-state index contributed by atoms with van der Waals surface area (Å²) in [7, 11) is 0. The summed E-state index contributed by atoms with van der Waals surface area (Å²) < 4.78 is 7.88. The summed E-state index contributed by atoms with van der Waals surface area (Å²) >= 11 is 1.60. The van der Waals surface area contributed by atoms with Gasteiger partial charge in [0.05, 0.1) is 0 Å². The van der Waals surface area contributed by atoms with Crippen molar-refractivity contribution < 1.29 is 9.53 Å². The number of nitrogens with zero attached hydrogens (tertiary/aromatic N) is 3. The van der Waals surface area contributed by atoms with Gasteiger partial charge in [0.2, 0.25) is 11.1 Å². The van der Waals surface area contributed by atoms with Crippen LogP contribution in [0.2, 0.25) is 0 Å². The molecule has 1 aliphatic heterocycles. The highest BCUT2D eigenvalue weighted by atomic mass is 32.2. The first-order valence-corrected chi connectivity index (χ1v) is 13.9. The molecule has 0 bridgehead atoms. The van der Waals surface area contributed by atoms with Crippen molar-refractivity contribution in [2.45, 2.75) is 50.2 Å². The van der Waals surface area contributed by atoms with Gasteiger partial charge in [0.1, 0.15) is 18.4 Å². The number of Topliss-reactive ketones (excluding diaryl/α,β-unsaturated/α-hetero) is 1. The number of thioether (sulfide) groups is 1. The Labute approximate surface area is 227 Å². The van der Waals surface area contributed by atoms with Crippen LogP contribution in [0.5, 0.6) is 5.75 Å². The maximum Gasteiger partial charge on any atom is 0.227 e. The van der Waals surface area contributed by atoms with Gasteiger partial charge in [-0.3, -0.25) is 4.79 Å². The fourth-order valence-electron chi connectivity index (χ4n) is 5.17. The van der Waals surface area contributed by atoms with Gasteiger partial charge >= 0.3 is 0 Å². The molecule has 4 aromatic rings. The fraction of sp³-hybridized carbons (Fsp3) is 0.258. The van der Waals surface area contributed by atoms with E-state index < -0.39 is 0 Å². The minimum Gasteiger partial charge on any atom is -0.489 e. The second-order valence-electron chi connectivity index (χ2n) is 10.6. The van der Waals surface area contributed by atoms with Gasteiger partial charge in [-0.15, -0.1) is 5.10 Å². The number of anilines is 1. The van der Waals surface area contributed by atoms with E-state index in [0.29, 0.717) is 24.1 Å². The number of carbonyl (C=O) groups excluding carboxylic acids is 1. The van der Waals surface area contributed by atoms with Crippen LogP contribution in [-0.4, -0.2) is 20.5 Å². The lowest BCUT2D eigenvalue weighted by molar-refractivity contribution is -0.118. The summed E-state index contributed by atoms with van der Waals surface area (Å²) in [5, 5.41) is 9.03. The molecule has 0 radical (unpaired) electrons. The Morgan fingerprint density at radius 2 is 1.63 bits per heavy atom. The van der Waals surface area contributed by atoms with Gasteiger partial charge in [-0.05, 0) is 40.7 Å². The molecule has 6 nitrogen and oxygen atoms in total. The third-order valence-corrected chi connectivity index (χ3v) is 7.88. The topological polar surface area (TPSA) is 69.0 Å². The van der Waals surface area contributed by atoms with Crippen LogP contribution in [-0.2, 0) is 17.2 Å². The molecular formula is C31H30N4O2S. The molecule has 2 heterocycles. The van der Waals surface area contributed by atoms with E-state index >= 15 is 0 Å². The number of allylic oxidation sites excluding steroid dienone is 2. The molecule has 1 aromatic heterocycles. The van der Waals surface area contributed by atoms with E-state index in [9.17, 15) is 4.79 Å². The smallest absolute Gasteiger partial charge is 0.227 e. The summed E-state index contributed by atoms with van der Waals surface area (Å²) in [6.07, 6.45) is 1.31. The number of ether oxygens (including phenoxy) is 1. The Kier molecular flexibility index (Phi) is 6.54. The Hall–Kier alpha value is -3.84. The monoisotopic (exact) mass is 522 g/mol. The molecule has 1 unspecified atom stereocenters. The van der Waals surface area contributed by atoms with E-state index in [2.05, 4.69) is 31.3 Å². The van der Waals surface area contributed by atoms with Crippen molar-refractivity contribution in [2.24, 2.45) is 5.41 Å². The van der Waals surface area contributed by atoms with E-state index in [1.54, 1.807) is 11.8 Å². The maximum absolute atomic E-state index is 13.5. The lowest BCUT2D eigenvalue weighted by atomic mass is 9.73. The van der Waals surface area contributed by atoms with Crippen molar-refractivity contribution in [3.8, 4) is 5.75 Å². The normalized spacial score (nSPS) is 17.9. The summed E-state index contributed by atoms with van der Waals surface area (Å²) in [4.78, 5) is 18.3. The molecule has 2 aliphatic rings. The standard InChI is InChI=1S/C31H30N4O2S/c1-31(2)17-25-27(26(36)18-31)28(23-13-15-24(16-14-23)37-19-21-9-5-3-6-10-21)35-29(32-25)33-30(34-35)38-20-22-11-7-4-8-12-22/h3-16,28H,17-20H2,1-2H3,(H,32,33,34). The Morgan fingerprint density at radius 1 is 0.947 bits per heavy atom. The number of hydrogen-bond acceptors (Lipinski definition) is 6. The van der Waals surface area contributed by atoms with Gasteiger partial charge in [-0.25, -0.2) is 4.68 Å². The number of nitrogens with one attached hydrogen (secondary N) is 1. The number of carbonyl (C=O) groups is 1. The zero-order valence-electron chi connectivity index (χ0n) is 21.6. The Morgan fingerprint density at radius 3 is 2.34 bits per heavy atom. The zero-order chi connectivity index (χ0) is 26.1. The predicted molar refractivity (Wildman–Crippen MR) is 150 cm³/mol. The second-order valence-corrected chi connectivity index (χ2v) is 11.6. The van der Waals surface area contributed by atoms with E-state index in [1.165, 1.54) is 5.56 Å². The van der Waals surface area contributed by atoms with Crippen LogP contribution in [0.1, 0.15) is 49.4 Å². The zero-order valence-corrected chi connectivity index (χ0v) is 22.4. The van der Waals surface area contributed by atoms with Gasteiger partial charge in [0, 0.05) is 23.4 Å². The number of ketones is 1. The van der Waals surface area contributed by atoms with E-state index in [4.69, 9.17) is 14.8 Å². The first kappa shape index (κ1) is 24.5. The largest absolute Gasteiger partial charge is 0.489 e. The predicted octanol–water partition coefficient (Wildman–Crippen LogP) is 6.81. The van der Waals surface area contributed by atoms with Crippen LogP contribution in [0.3, 0.4) is 0 Å². The summed E-state index contributed by atoms with van der Waals surface area (Å²) in [6.45, 7) is 4.79. The van der Waals surface area contributed by atoms with Crippen molar-refractivity contribution in [2.75, 3.05) is 5.32 Å². The molecule has 1 N–H and O–H groups in total. The first-order chi connectivity index (χ1) is 18.4. The van der Waals surface area contributed by atoms with E-state index in [-0.39, 0.29) is 17.2 Å². The number of aromatic nitrogens is 3. The average Bonchev–Trinajstić information content (AvgIpc) is 3.33. The van der Waals surface area contributed by atoms with Gasteiger partial charge in [0.25, 0.3) is 0 Å². The quantitative estimate of drug-likeness (QED) is 0.269. The molecule has 0 fully saturated rings. The molecule has 38 heavy (non-hydrogen) atoms. The highest BCUT2D eigenvalue weighted by Gasteiger charge is 2.41. The van der Waals surface area contributed by atoms with Crippen molar-refractivity contribution in [3.05, 3.63) is 113 Å².